The van der Waals surface area contributed by atoms with Gasteiger partial charge in [0.2, 0.25) is 10.0 Å². The molecule has 1 rings (SSSR count). The van der Waals surface area contributed by atoms with E-state index in [4.69, 9.17) is 9.84 Å². The van der Waals surface area contributed by atoms with Crippen LogP contribution in [0, 0.1) is 0 Å². The summed E-state index contributed by atoms with van der Waals surface area (Å²) in [6.45, 7) is 0.497. The molecule has 1 fully saturated rings. The number of carbonyl (C=O) groups is 1. The zero-order valence-corrected chi connectivity index (χ0v) is 12.7. The first-order valence-electron chi connectivity index (χ1n) is 6.11. The smallest absolute Gasteiger partial charge is 0.321 e. The summed E-state index contributed by atoms with van der Waals surface area (Å²) in [5, 5.41) is 8.94. The number of sulfonamides is 1. The Hall–Kier alpha value is -0.710. The van der Waals surface area contributed by atoms with Gasteiger partial charge in [-0.25, -0.2) is 21.6 Å². The molecule has 1 aliphatic heterocycles. The second kappa shape index (κ2) is 6.83. The molecule has 2 unspecified atom stereocenters. The van der Waals surface area contributed by atoms with E-state index < -0.39 is 43.7 Å². The van der Waals surface area contributed by atoms with E-state index >= 15 is 0 Å². The first kappa shape index (κ1) is 17.3. The number of ether oxygens (including phenoxy) is 1. The summed E-state index contributed by atoms with van der Waals surface area (Å²) >= 11 is 0. The molecule has 0 aromatic carbocycles. The van der Waals surface area contributed by atoms with Crippen LogP contribution in [-0.4, -0.2) is 64.4 Å². The van der Waals surface area contributed by atoms with E-state index in [0.717, 1.165) is 12.7 Å². The third-order valence-electron chi connectivity index (χ3n) is 2.83. The highest BCUT2D eigenvalue weighted by molar-refractivity contribution is 7.90. The van der Waals surface area contributed by atoms with Crippen molar-refractivity contribution in [1.82, 2.24) is 4.72 Å². The number of sulfone groups is 1. The molecule has 10 heteroatoms. The lowest BCUT2D eigenvalue weighted by atomic mass is 10.2. The maximum absolute atomic E-state index is 11.8. The van der Waals surface area contributed by atoms with Gasteiger partial charge in [0.05, 0.1) is 17.6 Å². The molecule has 0 aromatic rings. The van der Waals surface area contributed by atoms with E-state index in [-0.39, 0.29) is 12.2 Å². The van der Waals surface area contributed by atoms with Gasteiger partial charge in [0, 0.05) is 12.9 Å². The Bertz CT molecular complexity index is 534. The van der Waals surface area contributed by atoms with E-state index in [1.807, 2.05) is 4.72 Å². The molecule has 0 aromatic heterocycles. The zero-order chi connectivity index (χ0) is 15.4. The van der Waals surface area contributed by atoms with Crippen LogP contribution in [0.15, 0.2) is 0 Å². The molecule has 2 N–H and O–H groups in total. The van der Waals surface area contributed by atoms with Crippen molar-refractivity contribution in [2.75, 3.05) is 24.4 Å². The lowest BCUT2D eigenvalue weighted by Gasteiger charge is -2.16. The Labute approximate surface area is 118 Å². The highest BCUT2D eigenvalue weighted by Gasteiger charge is 2.28. The summed E-state index contributed by atoms with van der Waals surface area (Å²) in [6.07, 6.45) is 1.61. The zero-order valence-electron chi connectivity index (χ0n) is 11.1. The predicted molar refractivity (Wildman–Crippen MR) is 71.6 cm³/mol. The van der Waals surface area contributed by atoms with E-state index in [1.54, 1.807) is 0 Å². The van der Waals surface area contributed by atoms with Crippen LogP contribution in [0.1, 0.15) is 19.3 Å². The van der Waals surface area contributed by atoms with Crippen molar-refractivity contribution in [3.05, 3.63) is 0 Å². The number of hydrogen-bond acceptors (Lipinski definition) is 6. The van der Waals surface area contributed by atoms with Crippen LogP contribution < -0.4 is 4.72 Å². The number of carboxylic acids is 1. The van der Waals surface area contributed by atoms with Crippen LogP contribution >= 0.6 is 0 Å². The van der Waals surface area contributed by atoms with Crippen LogP contribution in [0.25, 0.3) is 0 Å². The highest BCUT2D eigenvalue weighted by atomic mass is 32.2. The summed E-state index contributed by atoms with van der Waals surface area (Å²) < 4.78 is 52.9. The van der Waals surface area contributed by atoms with Crippen LogP contribution in [-0.2, 0) is 29.4 Å². The van der Waals surface area contributed by atoms with Crippen molar-refractivity contribution in [2.45, 2.75) is 31.4 Å². The molecule has 0 saturated carbocycles. The summed E-state index contributed by atoms with van der Waals surface area (Å²) in [5.41, 5.74) is 0. The minimum Gasteiger partial charge on any atom is -0.480 e. The molecule has 20 heavy (non-hydrogen) atoms. The second-order valence-corrected chi connectivity index (χ2v) is 8.90. The van der Waals surface area contributed by atoms with Gasteiger partial charge < -0.3 is 9.84 Å². The number of nitrogens with one attached hydrogen (secondary N) is 1. The van der Waals surface area contributed by atoms with Crippen LogP contribution in [0.5, 0.6) is 0 Å². The predicted octanol–water partition coefficient (Wildman–Crippen LogP) is -1.03. The fourth-order valence-electron chi connectivity index (χ4n) is 1.85. The average molecular weight is 329 g/mol. The molecule has 0 aliphatic carbocycles. The number of carboxylic acid groups (broad SMARTS) is 1. The molecule has 2 atom stereocenters. The van der Waals surface area contributed by atoms with E-state index in [2.05, 4.69) is 0 Å². The lowest BCUT2D eigenvalue weighted by Crippen LogP contribution is -2.44. The Morgan fingerprint density at radius 3 is 2.50 bits per heavy atom. The minimum atomic E-state index is -3.83. The van der Waals surface area contributed by atoms with Crippen molar-refractivity contribution in [2.24, 2.45) is 0 Å². The molecule has 118 valence electrons. The van der Waals surface area contributed by atoms with Gasteiger partial charge in [0.15, 0.2) is 0 Å². The van der Waals surface area contributed by atoms with E-state index in [9.17, 15) is 21.6 Å². The quantitative estimate of drug-likeness (QED) is 0.583. The van der Waals surface area contributed by atoms with Gasteiger partial charge in [-0.1, -0.05) is 0 Å². The van der Waals surface area contributed by atoms with Crippen LogP contribution in [0.4, 0.5) is 0 Å². The van der Waals surface area contributed by atoms with Gasteiger partial charge in [0.1, 0.15) is 15.9 Å². The summed E-state index contributed by atoms with van der Waals surface area (Å²) in [5.74, 6) is -2.10. The maximum atomic E-state index is 11.8. The largest absolute Gasteiger partial charge is 0.480 e. The Morgan fingerprint density at radius 2 is 2.05 bits per heavy atom. The standard InChI is InChI=1S/C10H19NO7S2/c1-19(14,15)6-4-9(10(12)13)11-20(16,17)7-8-3-2-5-18-8/h8-9,11H,2-7H2,1H3,(H,12,13). The van der Waals surface area contributed by atoms with Gasteiger partial charge in [-0.3, -0.25) is 4.79 Å². The molecule has 0 bridgehead atoms. The van der Waals surface area contributed by atoms with Gasteiger partial charge in [-0.2, -0.15) is 0 Å². The Kier molecular flexibility index (Phi) is 5.92. The second-order valence-electron chi connectivity index (χ2n) is 4.84. The molecule has 1 heterocycles. The highest BCUT2D eigenvalue weighted by Crippen LogP contribution is 2.14. The first-order chi connectivity index (χ1) is 9.09. The number of hydrogen-bond donors (Lipinski definition) is 2. The lowest BCUT2D eigenvalue weighted by molar-refractivity contribution is -0.139. The van der Waals surface area contributed by atoms with Gasteiger partial charge in [-0.15, -0.1) is 0 Å². The summed E-state index contributed by atoms with van der Waals surface area (Å²) in [4.78, 5) is 11.0. The minimum absolute atomic E-state index is 0.307. The van der Waals surface area contributed by atoms with Crippen molar-refractivity contribution >= 4 is 25.8 Å². The summed E-state index contributed by atoms with van der Waals surface area (Å²) in [6, 6.07) is -1.45. The van der Waals surface area contributed by atoms with Gasteiger partial charge in [0.25, 0.3) is 0 Å². The van der Waals surface area contributed by atoms with E-state index in [0.29, 0.717) is 13.0 Å². The number of aliphatic carboxylic acids is 1. The Balaban J connectivity index is 2.61. The van der Waals surface area contributed by atoms with Crippen LogP contribution in [0.3, 0.4) is 0 Å². The molecular formula is C10H19NO7S2. The molecule has 0 amide bonds. The third-order valence-corrected chi connectivity index (χ3v) is 5.26. The van der Waals surface area contributed by atoms with Gasteiger partial charge in [-0.05, 0) is 19.3 Å². The fourth-order valence-corrected chi connectivity index (χ4v) is 4.01. The van der Waals surface area contributed by atoms with E-state index in [1.165, 1.54) is 0 Å². The first-order valence-corrected chi connectivity index (χ1v) is 9.82. The molecule has 1 saturated heterocycles. The van der Waals surface area contributed by atoms with Crippen molar-refractivity contribution in [3.63, 3.8) is 0 Å². The summed E-state index contributed by atoms with van der Waals surface area (Å²) in [7, 11) is -7.18. The topological polar surface area (TPSA) is 127 Å². The molecule has 0 spiro atoms. The van der Waals surface area contributed by atoms with Crippen LogP contribution in [0.2, 0.25) is 0 Å². The molecular weight excluding hydrogens is 310 g/mol. The van der Waals surface area contributed by atoms with Crippen molar-refractivity contribution in [1.29, 1.82) is 0 Å². The average Bonchev–Trinajstić information content (AvgIpc) is 2.74. The molecule has 1 aliphatic rings. The van der Waals surface area contributed by atoms with Gasteiger partial charge >= 0.3 is 5.97 Å². The monoisotopic (exact) mass is 329 g/mol. The van der Waals surface area contributed by atoms with Crippen molar-refractivity contribution < 1.29 is 31.5 Å². The maximum Gasteiger partial charge on any atom is 0.321 e. The number of rotatable bonds is 8. The fraction of sp³-hybridized carbons (Fsp3) is 0.900. The normalized spacial score (nSPS) is 21.8. The molecule has 8 nitrogen and oxygen atoms in total. The van der Waals surface area contributed by atoms with Crippen molar-refractivity contribution in [3.8, 4) is 0 Å². The Morgan fingerprint density at radius 1 is 1.40 bits per heavy atom. The third kappa shape index (κ3) is 6.64. The SMILES string of the molecule is CS(=O)(=O)CCC(NS(=O)(=O)CC1CCCO1)C(=O)O. The molecule has 0 radical (unpaired) electrons.